The molecule has 0 saturated heterocycles. The third kappa shape index (κ3) is 5.72. The van der Waals surface area contributed by atoms with Gasteiger partial charge in [0.1, 0.15) is 0 Å². The highest BCUT2D eigenvalue weighted by Crippen LogP contribution is 2.14. The number of hydrogen-bond donors (Lipinski definition) is 2. The molecule has 0 aliphatic rings. The summed E-state index contributed by atoms with van der Waals surface area (Å²) in [6.45, 7) is 3.07. The van der Waals surface area contributed by atoms with Crippen LogP contribution in [0.25, 0.3) is 0 Å². The van der Waals surface area contributed by atoms with Crippen LogP contribution in [0, 0.1) is 5.92 Å². The van der Waals surface area contributed by atoms with Gasteiger partial charge in [0, 0.05) is 12.8 Å². The molecular weight excluding hydrogens is 132 g/mol. The van der Waals surface area contributed by atoms with E-state index in [2.05, 4.69) is 0 Å². The van der Waals surface area contributed by atoms with Crippen molar-refractivity contribution in [2.45, 2.75) is 32.5 Å². The molecule has 0 bridgehead atoms. The third-order valence-electron chi connectivity index (χ3n) is 1.17. The zero-order valence-corrected chi connectivity index (χ0v) is 6.29. The standard InChI is InChI=1S/C7H13O3/c1-6(3-4-8)5-7(2,9)10/h6,9-10H,3,5H2,1-2H3. The monoisotopic (exact) mass is 145 g/mol. The minimum atomic E-state index is -1.66. The lowest BCUT2D eigenvalue weighted by Gasteiger charge is -2.18. The summed E-state index contributed by atoms with van der Waals surface area (Å²) in [5, 5.41) is 17.7. The fraction of sp³-hybridized carbons (Fsp3) is 0.857. The van der Waals surface area contributed by atoms with Crippen molar-refractivity contribution in [3.63, 3.8) is 0 Å². The van der Waals surface area contributed by atoms with Gasteiger partial charge < -0.3 is 10.2 Å². The molecule has 1 atom stereocenters. The third-order valence-corrected chi connectivity index (χ3v) is 1.17. The molecule has 1 unspecified atom stereocenters. The van der Waals surface area contributed by atoms with E-state index in [1.807, 2.05) is 0 Å². The molecule has 0 aromatic heterocycles. The average Bonchev–Trinajstić information content (AvgIpc) is 1.59. The Labute approximate surface area is 60.7 Å². The molecule has 0 aromatic rings. The Bertz CT molecular complexity index is 104. The summed E-state index contributed by atoms with van der Waals surface area (Å²) < 4.78 is 0. The van der Waals surface area contributed by atoms with Gasteiger partial charge in [-0.3, -0.25) is 4.79 Å². The maximum atomic E-state index is 9.81. The molecule has 59 valence electrons. The Kier molecular flexibility index (Phi) is 3.53. The molecule has 0 aliphatic heterocycles. The van der Waals surface area contributed by atoms with Crippen molar-refractivity contribution in [3.8, 4) is 0 Å². The summed E-state index contributed by atoms with van der Waals surface area (Å²) in [6, 6.07) is 0. The highest BCUT2D eigenvalue weighted by atomic mass is 16.5. The molecule has 0 spiro atoms. The van der Waals surface area contributed by atoms with E-state index in [9.17, 15) is 4.79 Å². The number of carbonyl (C=O) groups excluding carboxylic acids is 1. The lowest BCUT2D eigenvalue weighted by Crippen LogP contribution is -2.25. The molecule has 2 N–H and O–H groups in total. The van der Waals surface area contributed by atoms with Crippen LogP contribution in [0.5, 0.6) is 0 Å². The van der Waals surface area contributed by atoms with Crippen LogP contribution < -0.4 is 0 Å². The summed E-state index contributed by atoms with van der Waals surface area (Å²) in [5.41, 5.74) is 0. The van der Waals surface area contributed by atoms with Crippen LogP contribution in [0.15, 0.2) is 0 Å². The first-order valence-electron chi connectivity index (χ1n) is 3.25. The Balaban J connectivity index is 3.56. The van der Waals surface area contributed by atoms with Gasteiger partial charge in [-0.05, 0) is 12.8 Å². The first-order valence-corrected chi connectivity index (χ1v) is 3.25. The van der Waals surface area contributed by atoms with E-state index in [0.717, 1.165) is 0 Å². The van der Waals surface area contributed by atoms with Gasteiger partial charge in [0.05, 0.1) is 0 Å². The van der Waals surface area contributed by atoms with Gasteiger partial charge in [-0.2, -0.15) is 0 Å². The van der Waals surface area contributed by atoms with Crippen LogP contribution in [0.2, 0.25) is 0 Å². The molecule has 3 heteroatoms. The van der Waals surface area contributed by atoms with Crippen molar-refractivity contribution in [1.29, 1.82) is 0 Å². The fourth-order valence-electron chi connectivity index (χ4n) is 0.875. The summed E-state index contributed by atoms with van der Waals surface area (Å²) in [7, 11) is 0. The molecule has 0 rings (SSSR count). The fourth-order valence-corrected chi connectivity index (χ4v) is 0.875. The Morgan fingerprint density at radius 3 is 2.40 bits per heavy atom. The van der Waals surface area contributed by atoms with Crippen molar-refractivity contribution in [2.24, 2.45) is 5.92 Å². The van der Waals surface area contributed by atoms with Crippen LogP contribution >= 0.6 is 0 Å². The van der Waals surface area contributed by atoms with Crippen molar-refractivity contribution in [1.82, 2.24) is 0 Å². The summed E-state index contributed by atoms with van der Waals surface area (Å²) in [6.07, 6.45) is 2.19. The molecule has 0 amide bonds. The molecule has 0 aromatic carbocycles. The summed E-state index contributed by atoms with van der Waals surface area (Å²) in [4.78, 5) is 9.81. The van der Waals surface area contributed by atoms with Crippen molar-refractivity contribution in [3.05, 3.63) is 0 Å². The first kappa shape index (κ1) is 9.59. The Hall–Kier alpha value is -0.410. The van der Waals surface area contributed by atoms with Gasteiger partial charge in [-0.1, -0.05) is 6.92 Å². The SMILES string of the molecule is CC(C[C]=O)CC(C)(O)O. The van der Waals surface area contributed by atoms with E-state index < -0.39 is 5.79 Å². The van der Waals surface area contributed by atoms with Crippen molar-refractivity contribution >= 4 is 6.29 Å². The zero-order valence-electron chi connectivity index (χ0n) is 6.29. The summed E-state index contributed by atoms with van der Waals surface area (Å²) in [5.74, 6) is -1.67. The van der Waals surface area contributed by atoms with Crippen LogP contribution in [-0.2, 0) is 4.79 Å². The number of hydrogen-bond acceptors (Lipinski definition) is 3. The zero-order chi connectivity index (χ0) is 8.20. The molecule has 0 saturated carbocycles. The van der Waals surface area contributed by atoms with Crippen molar-refractivity contribution < 1.29 is 15.0 Å². The predicted molar refractivity (Wildman–Crippen MR) is 36.9 cm³/mol. The highest BCUT2D eigenvalue weighted by molar-refractivity contribution is 5.50. The van der Waals surface area contributed by atoms with Crippen LogP contribution in [0.4, 0.5) is 0 Å². The van der Waals surface area contributed by atoms with E-state index in [1.165, 1.54) is 6.92 Å². The average molecular weight is 145 g/mol. The molecule has 0 heterocycles. The largest absolute Gasteiger partial charge is 0.366 e. The highest BCUT2D eigenvalue weighted by Gasteiger charge is 2.18. The van der Waals surface area contributed by atoms with Gasteiger partial charge in [0.25, 0.3) is 0 Å². The number of aliphatic hydroxyl groups is 2. The molecule has 0 aliphatic carbocycles. The summed E-state index contributed by atoms with van der Waals surface area (Å²) >= 11 is 0. The van der Waals surface area contributed by atoms with E-state index in [1.54, 1.807) is 13.2 Å². The minimum Gasteiger partial charge on any atom is -0.366 e. The van der Waals surface area contributed by atoms with Crippen LogP contribution in [-0.4, -0.2) is 22.3 Å². The maximum Gasteiger partial charge on any atom is 0.198 e. The van der Waals surface area contributed by atoms with Gasteiger partial charge >= 0.3 is 0 Å². The van der Waals surface area contributed by atoms with E-state index in [0.29, 0.717) is 0 Å². The van der Waals surface area contributed by atoms with Gasteiger partial charge in [0.2, 0.25) is 0 Å². The van der Waals surface area contributed by atoms with Gasteiger partial charge in [-0.15, -0.1) is 0 Å². The number of rotatable bonds is 4. The van der Waals surface area contributed by atoms with E-state index >= 15 is 0 Å². The van der Waals surface area contributed by atoms with E-state index in [-0.39, 0.29) is 18.8 Å². The second kappa shape index (κ2) is 3.68. The van der Waals surface area contributed by atoms with Crippen molar-refractivity contribution in [2.75, 3.05) is 0 Å². The Morgan fingerprint density at radius 1 is 1.60 bits per heavy atom. The van der Waals surface area contributed by atoms with E-state index in [4.69, 9.17) is 10.2 Å². The topological polar surface area (TPSA) is 57.5 Å². The van der Waals surface area contributed by atoms with Crippen LogP contribution in [0.3, 0.4) is 0 Å². The minimum absolute atomic E-state index is 0.0162. The van der Waals surface area contributed by atoms with Crippen LogP contribution in [0.1, 0.15) is 26.7 Å². The lowest BCUT2D eigenvalue weighted by molar-refractivity contribution is -0.156. The Morgan fingerprint density at radius 2 is 2.10 bits per heavy atom. The molecule has 10 heavy (non-hydrogen) atoms. The lowest BCUT2D eigenvalue weighted by atomic mass is 10.00. The molecule has 3 nitrogen and oxygen atoms in total. The smallest absolute Gasteiger partial charge is 0.198 e. The maximum absolute atomic E-state index is 9.81. The second-order valence-electron chi connectivity index (χ2n) is 2.87. The first-order chi connectivity index (χ1) is 4.45. The quantitative estimate of drug-likeness (QED) is 0.556. The molecular formula is C7H13O3. The van der Waals surface area contributed by atoms with Gasteiger partial charge in [0.15, 0.2) is 12.1 Å². The second-order valence-corrected chi connectivity index (χ2v) is 2.87. The normalized spacial score (nSPS) is 14.8. The molecule has 0 fully saturated rings. The predicted octanol–water partition coefficient (Wildman–Crippen LogP) is 0.213. The molecule has 1 radical (unpaired) electrons. The van der Waals surface area contributed by atoms with Gasteiger partial charge in [-0.25, -0.2) is 0 Å².